The predicted molar refractivity (Wildman–Crippen MR) is 201 cm³/mol. The molecule has 0 saturated heterocycles. The Balaban J connectivity index is 1.28. The fourth-order valence-electron chi connectivity index (χ4n) is 7.79. The first kappa shape index (κ1) is 29.8. The molecule has 0 amide bonds. The van der Waals surface area contributed by atoms with Crippen LogP contribution >= 0.6 is 0 Å². The summed E-state index contributed by atoms with van der Waals surface area (Å²) >= 11 is 0. The Morgan fingerprint density at radius 3 is 1.50 bits per heavy atom. The van der Waals surface area contributed by atoms with Gasteiger partial charge in [0.25, 0.3) is 0 Å². The number of aromatic nitrogens is 4. The highest BCUT2D eigenvalue weighted by atomic mass is 16.5. The number of benzene rings is 6. The van der Waals surface area contributed by atoms with Crippen LogP contribution in [-0.4, -0.2) is 33.7 Å². The number of fused-ring (bicyclic) bond motifs is 6. The highest BCUT2D eigenvalue weighted by Gasteiger charge is 2.40. The average molecular weight is 651 g/mol. The van der Waals surface area contributed by atoms with E-state index in [1.54, 1.807) is 14.2 Å². The van der Waals surface area contributed by atoms with E-state index in [-0.39, 0.29) is 0 Å². The van der Waals surface area contributed by atoms with Crippen molar-refractivity contribution >= 4 is 21.8 Å². The fraction of sp³-hybridized carbons (Fsp3) is 0.114. The van der Waals surface area contributed by atoms with E-state index in [0.29, 0.717) is 17.5 Å². The van der Waals surface area contributed by atoms with Gasteiger partial charge in [0, 0.05) is 32.9 Å². The molecule has 1 aliphatic rings. The number of nitrogens with zero attached hydrogens (tertiary/aromatic N) is 4. The number of hydrogen-bond acceptors (Lipinski definition) is 5. The minimum atomic E-state index is -0.397. The molecule has 8 aromatic rings. The lowest BCUT2D eigenvalue weighted by Gasteiger charge is -2.27. The van der Waals surface area contributed by atoms with Crippen molar-refractivity contribution in [1.82, 2.24) is 19.5 Å². The number of rotatable bonds is 6. The smallest absolute Gasteiger partial charge is 0.164 e. The molecular weight excluding hydrogens is 617 g/mol. The van der Waals surface area contributed by atoms with Crippen LogP contribution in [-0.2, 0) is 5.41 Å². The van der Waals surface area contributed by atoms with E-state index in [1.807, 2.05) is 72.8 Å². The first-order valence-electron chi connectivity index (χ1n) is 16.8. The molecule has 6 aromatic carbocycles. The fourth-order valence-corrected chi connectivity index (χ4v) is 7.79. The molecule has 0 atom stereocenters. The summed E-state index contributed by atoms with van der Waals surface area (Å²) in [6, 6.07) is 46.0. The zero-order valence-corrected chi connectivity index (χ0v) is 28.3. The number of ether oxygens (including phenoxy) is 2. The highest BCUT2D eigenvalue weighted by Crippen LogP contribution is 2.54. The average Bonchev–Trinajstić information content (AvgIpc) is 3.62. The summed E-state index contributed by atoms with van der Waals surface area (Å²) in [5.74, 6) is 3.59. The zero-order valence-electron chi connectivity index (χ0n) is 28.3. The molecule has 0 saturated carbocycles. The second-order valence-electron chi connectivity index (χ2n) is 13.2. The monoisotopic (exact) mass is 650 g/mol. The maximum absolute atomic E-state index is 5.66. The van der Waals surface area contributed by atoms with Gasteiger partial charge in [0.1, 0.15) is 11.5 Å². The molecule has 1 aliphatic carbocycles. The van der Waals surface area contributed by atoms with Crippen molar-refractivity contribution in [1.29, 1.82) is 0 Å². The lowest BCUT2D eigenvalue weighted by atomic mass is 9.79. The third kappa shape index (κ3) is 4.52. The molecule has 9 rings (SSSR count). The Hall–Kier alpha value is -6.27. The van der Waals surface area contributed by atoms with Crippen LogP contribution in [0.25, 0.3) is 72.8 Å². The van der Waals surface area contributed by atoms with Crippen molar-refractivity contribution < 1.29 is 9.47 Å². The van der Waals surface area contributed by atoms with Crippen LogP contribution in [0, 0.1) is 0 Å². The van der Waals surface area contributed by atoms with Gasteiger partial charge >= 0.3 is 0 Å². The Kier molecular flexibility index (Phi) is 6.81. The summed E-state index contributed by atoms with van der Waals surface area (Å²) in [6.45, 7) is 4.64. The summed E-state index contributed by atoms with van der Waals surface area (Å²) in [5, 5.41) is 2.22. The van der Waals surface area contributed by atoms with Crippen LogP contribution < -0.4 is 9.47 Å². The molecule has 50 heavy (non-hydrogen) atoms. The van der Waals surface area contributed by atoms with Crippen molar-refractivity contribution in [3.63, 3.8) is 0 Å². The van der Waals surface area contributed by atoms with E-state index < -0.39 is 5.41 Å². The van der Waals surface area contributed by atoms with Gasteiger partial charge in [-0.1, -0.05) is 105 Å². The topological polar surface area (TPSA) is 62.1 Å². The first-order chi connectivity index (χ1) is 24.5. The minimum Gasteiger partial charge on any atom is -0.497 e. The van der Waals surface area contributed by atoms with Crippen LogP contribution in [0.1, 0.15) is 25.0 Å². The van der Waals surface area contributed by atoms with E-state index in [1.165, 1.54) is 22.3 Å². The van der Waals surface area contributed by atoms with Gasteiger partial charge in [0.2, 0.25) is 0 Å². The summed E-state index contributed by atoms with van der Waals surface area (Å²) in [4.78, 5) is 15.2. The number of methoxy groups -OCH3 is 2. The van der Waals surface area contributed by atoms with E-state index >= 15 is 0 Å². The first-order valence-corrected chi connectivity index (χ1v) is 16.8. The van der Waals surface area contributed by atoms with Gasteiger partial charge in [-0.05, 0) is 64.7 Å². The minimum absolute atomic E-state index is 0.397. The molecule has 6 heteroatoms. The van der Waals surface area contributed by atoms with Crippen molar-refractivity contribution in [2.75, 3.05) is 14.2 Å². The van der Waals surface area contributed by atoms with Crippen molar-refractivity contribution in [3.05, 3.63) is 145 Å². The predicted octanol–water partition coefficient (Wildman–Crippen LogP) is 10.3. The van der Waals surface area contributed by atoms with Gasteiger partial charge in [-0.25, -0.2) is 15.0 Å². The third-order valence-corrected chi connectivity index (χ3v) is 10.0. The van der Waals surface area contributed by atoms with Crippen LogP contribution in [0.5, 0.6) is 11.5 Å². The van der Waals surface area contributed by atoms with Crippen LogP contribution in [0.2, 0.25) is 0 Å². The second kappa shape index (κ2) is 11.4. The van der Waals surface area contributed by atoms with E-state index in [4.69, 9.17) is 24.4 Å². The summed E-state index contributed by atoms with van der Waals surface area (Å²) in [6.07, 6.45) is 0. The van der Waals surface area contributed by atoms with Gasteiger partial charge in [-0.3, -0.25) is 0 Å². The summed E-state index contributed by atoms with van der Waals surface area (Å²) in [7, 11) is 3.42. The van der Waals surface area contributed by atoms with Crippen molar-refractivity contribution in [3.8, 4) is 62.5 Å². The van der Waals surface area contributed by atoms with Gasteiger partial charge in [0.05, 0.1) is 30.9 Å². The molecule has 2 aromatic heterocycles. The van der Waals surface area contributed by atoms with Gasteiger partial charge in [-0.15, -0.1) is 0 Å². The lowest BCUT2D eigenvalue weighted by molar-refractivity contribution is 0.415. The molecule has 6 nitrogen and oxygen atoms in total. The maximum Gasteiger partial charge on any atom is 0.164 e. The Morgan fingerprint density at radius 1 is 0.480 bits per heavy atom. The van der Waals surface area contributed by atoms with Crippen LogP contribution in [0.4, 0.5) is 0 Å². The molecule has 0 spiro atoms. The molecule has 0 aliphatic heterocycles. The standard InChI is InChI=1S/C44H34N4O2/c1-44(2)39-31(17-11-19-33(39)43-46-41(27-13-7-5-8-14-27)45-42(47-43)28-15-9-6-10-16-28)32-18-12-20-38(40(32)44)48-36-23-21-29(49-3)25-34(36)35-26-30(50-4)22-24-37(35)48/h5-26H,1-4H3. The molecule has 0 radical (unpaired) electrons. The Morgan fingerprint density at radius 2 is 0.960 bits per heavy atom. The molecule has 0 fully saturated rings. The SMILES string of the molecule is COc1ccc2c(c1)c1cc(OC)ccc1n2-c1cccc2c1C(C)(C)c1c(-c3nc(-c4ccccc4)nc(-c4ccccc4)n3)cccc1-2. The highest BCUT2D eigenvalue weighted by molar-refractivity contribution is 6.10. The summed E-state index contributed by atoms with van der Waals surface area (Å²) in [5.41, 5.74) is 10.7. The maximum atomic E-state index is 5.66. The van der Waals surface area contributed by atoms with Crippen molar-refractivity contribution in [2.45, 2.75) is 19.3 Å². The van der Waals surface area contributed by atoms with Crippen LogP contribution in [0.3, 0.4) is 0 Å². The van der Waals surface area contributed by atoms with Gasteiger partial charge < -0.3 is 14.0 Å². The molecule has 0 N–H and O–H groups in total. The quantitative estimate of drug-likeness (QED) is 0.179. The summed E-state index contributed by atoms with van der Waals surface area (Å²) < 4.78 is 13.7. The van der Waals surface area contributed by atoms with Gasteiger partial charge in [-0.2, -0.15) is 0 Å². The number of hydrogen-bond donors (Lipinski definition) is 0. The van der Waals surface area contributed by atoms with Crippen molar-refractivity contribution in [2.24, 2.45) is 0 Å². The van der Waals surface area contributed by atoms with E-state index in [9.17, 15) is 0 Å². The zero-order chi connectivity index (χ0) is 34.0. The van der Waals surface area contributed by atoms with E-state index in [2.05, 4.69) is 79.1 Å². The lowest BCUT2D eigenvalue weighted by Crippen LogP contribution is -2.19. The molecule has 2 heterocycles. The second-order valence-corrected chi connectivity index (χ2v) is 13.2. The third-order valence-electron chi connectivity index (χ3n) is 10.0. The Labute approximate surface area is 290 Å². The van der Waals surface area contributed by atoms with Crippen LogP contribution in [0.15, 0.2) is 133 Å². The normalized spacial score (nSPS) is 13.0. The molecule has 242 valence electrons. The van der Waals surface area contributed by atoms with Gasteiger partial charge in [0.15, 0.2) is 17.5 Å². The Bertz CT molecular complexity index is 2470. The molecule has 0 unspecified atom stereocenters. The largest absolute Gasteiger partial charge is 0.497 e. The van der Waals surface area contributed by atoms with E-state index in [0.717, 1.165) is 55.7 Å². The molecule has 0 bridgehead atoms. The molecular formula is C44H34N4O2.